The summed E-state index contributed by atoms with van der Waals surface area (Å²) < 4.78 is 11.6. The number of hydrogen-bond donors (Lipinski definition) is 0. The van der Waals surface area contributed by atoms with E-state index in [0.29, 0.717) is 40.9 Å². The number of hydrogen-bond acceptors (Lipinski definition) is 7. The molecule has 15 aromatic carbocycles. The average molecular weight is 1500 g/mol. The van der Waals surface area contributed by atoms with Crippen LogP contribution in [-0.2, 0) is 10.8 Å². The topological polar surface area (TPSA) is 100 Å². The molecule has 2 fully saturated rings. The summed E-state index contributed by atoms with van der Waals surface area (Å²) in [7, 11) is 0. The molecule has 0 N–H and O–H groups in total. The van der Waals surface area contributed by atoms with Crippen LogP contribution in [0.1, 0.15) is 91.5 Å². The molecule has 554 valence electrons. The molecular formula is C108H76N8O. The van der Waals surface area contributed by atoms with E-state index in [4.69, 9.17) is 34.3 Å². The molecule has 117 heavy (non-hydrogen) atoms. The lowest BCUT2D eigenvalue weighted by molar-refractivity contribution is 0.321. The Hall–Kier alpha value is -14.3. The number of fused-ring (bicyclic) bond motifs is 19. The molecule has 0 atom stereocenters. The molecule has 0 unspecified atom stereocenters. The molecule has 4 aliphatic carbocycles. The van der Waals surface area contributed by atoms with Crippen molar-refractivity contribution in [2.45, 2.75) is 74.5 Å². The Bertz CT molecular complexity index is 7400. The molecule has 20 aromatic rings. The van der Waals surface area contributed by atoms with Gasteiger partial charge >= 0.3 is 0 Å². The largest absolute Gasteiger partial charge is 0.456 e. The number of rotatable bonds is 11. The highest BCUT2D eigenvalue weighted by atomic mass is 16.3. The van der Waals surface area contributed by atoms with Crippen LogP contribution in [-0.4, -0.2) is 39.0 Å². The van der Waals surface area contributed by atoms with Crippen molar-refractivity contribution in [1.29, 1.82) is 0 Å². The predicted octanol–water partition coefficient (Wildman–Crippen LogP) is 27.3. The van der Waals surface area contributed by atoms with Gasteiger partial charge in [0.2, 0.25) is 0 Å². The lowest BCUT2D eigenvalue weighted by Crippen LogP contribution is -2.30. The van der Waals surface area contributed by atoms with E-state index in [0.717, 1.165) is 131 Å². The van der Waals surface area contributed by atoms with E-state index in [-0.39, 0.29) is 10.8 Å². The third kappa shape index (κ3) is 10.8. The van der Waals surface area contributed by atoms with Gasteiger partial charge in [-0.1, -0.05) is 292 Å². The molecule has 9 nitrogen and oxygen atoms in total. The molecule has 0 amide bonds. The molecule has 9 heteroatoms. The molecule has 5 aromatic heterocycles. The van der Waals surface area contributed by atoms with E-state index in [1.54, 1.807) is 0 Å². The minimum absolute atomic E-state index is 0.0464. The van der Waals surface area contributed by atoms with Gasteiger partial charge in [0.15, 0.2) is 34.9 Å². The van der Waals surface area contributed by atoms with Gasteiger partial charge in [0, 0.05) is 94.0 Å². The molecule has 24 rings (SSSR count). The van der Waals surface area contributed by atoms with Gasteiger partial charge in [-0.25, -0.2) is 29.9 Å². The summed E-state index contributed by atoms with van der Waals surface area (Å²) >= 11 is 0. The van der Waals surface area contributed by atoms with Crippen LogP contribution in [0.4, 0.5) is 0 Å². The summed E-state index contributed by atoms with van der Waals surface area (Å²) in [4.78, 5) is 31.7. The molecule has 2 spiro atoms. The molecule has 0 saturated heterocycles. The van der Waals surface area contributed by atoms with Gasteiger partial charge < -0.3 is 13.6 Å². The fourth-order valence-electron chi connectivity index (χ4n) is 20.8. The van der Waals surface area contributed by atoms with Gasteiger partial charge in [0.1, 0.15) is 11.2 Å². The summed E-state index contributed by atoms with van der Waals surface area (Å²) in [5, 5.41) is 7.07. The Labute approximate surface area is 677 Å². The van der Waals surface area contributed by atoms with Crippen molar-refractivity contribution in [3.63, 3.8) is 0 Å². The number of benzene rings is 15. The summed E-state index contributed by atoms with van der Waals surface area (Å²) in [5.74, 6) is 4.13. The fourth-order valence-corrected chi connectivity index (χ4v) is 20.8. The lowest BCUT2D eigenvalue weighted by Gasteiger charge is -2.39. The number of furan rings is 1. The highest BCUT2D eigenvalue weighted by Gasteiger charge is 2.47. The molecule has 4 aliphatic rings. The maximum atomic E-state index is 6.67. The van der Waals surface area contributed by atoms with E-state index >= 15 is 0 Å². The van der Waals surface area contributed by atoms with E-state index in [2.05, 4.69) is 319 Å². The molecule has 0 radical (unpaired) electrons. The quantitative estimate of drug-likeness (QED) is 0.127. The maximum absolute atomic E-state index is 6.67. The third-order valence-electron chi connectivity index (χ3n) is 26.4. The van der Waals surface area contributed by atoms with E-state index < -0.39 is 0 Å². The van der Waals surface area contributed by atoms with Crippen LogP contribution in [0.25, 0.3) is 190 Å². The van der Waals surface area contributed by atoms with Crippen molar-refractivity contribution < 1.29 is 4.42 Å². The summed E-state index contributed by atoms with van der Waals surface area (Å²) in [6, 6.07) is 126. The number of para-hydroxylation sites is 2. The smallest absolute Gasteiger partial charge is 0.164 e. The minimum Gasteiger partial charge on any atom is -0.456 e. The second-order valence-electron chi connectivity index (χ2n) is 32.7. The van der Waals surface area contributed by atoms with Crippen LogP contribution in [0.2, 0.25) is 0 Å². The average Bonchev–Trinajstić information content (AvgIpc) is 1.54. The Morgan fingerprint density at radius 2 is 0.632 bits per heavy atom. The first-order chi connectivity index (χ1) is 57.9. The van der Waals surface area contributed by atoms with Crippen LogP contribution in [0.5, 0.6) is 0 Å². The molecule has 0 aliphatic heterocycles. The van der Waals surface area contributed by atoms with E-state index in [1.807, 2.05) is 36.4 Å². The second kappa shape index (κ2) is 26.7. The van der Waals surface area contributed by atoms with Crippen LogP contribution >= 0.6 is 0 Å². The summed E-state index contributed by atoms with van der Waals surface area (Å²) in [6.45, 7) is 0. The Morgan fingerprint density at radius 3 is 1.18 bits per heavy atom. The van der Waals surface area contributed by atoms with E-state index in [9.17, 15) is 0 Å². The van der Waals surface area contributed by atoms with Gasteiger partial charge in [-0.2, -0.15) is 0 Å². The van der Waals surface area contributed by atoms with Crippen LogP contribution < -0.4 is 0 Å². The zero-order valence-corrected chi connectivity index (χ0v) is 64.3. The Balaban J connectivity index is 0.563. The van der Waals surface area contributed by atoms with Crippen molar-refractivity contribution in [2.24, 2.45) is 0 Å². The fraction of sp³-hybridized carbons (Fsp3) is 0.111. The highest BCUT2D eigenvalue weighted by Crippen LogP contribution is 2.61. The van der Waals surface area contributed by atoms with Gasteiger partial charge in [-0.3, -0.25) is 0 Å². The van der Waals surface area contributed by atoms with Crippen molar-refractivity contribution in [3.8, 4) is 124 Å². The van der Waals surface area contributed by atoms with Gasteiger partial charge in [0.25, 0.3) is 0 Å². The normalized spacial score (nSPS) is 15.9. The molecule has 2 saturated carbocycles. The molecular weight excluding hydrogens is 1430 g/mol. The number of aromatic nitrogens is 8. The Morgan fingerprint density at radius 1 is 0.239 bits per heavy atom. The predicted molar refractivity (Wildman–Crippen MR) is 476 cm³/mol. The third-order valence-corrected chi connectivity index (χ3v) is 26.4. The monoisotopic (exact) mass is 1500 g/mol. The van der Waals surface area contributed by atoms with Crippen LogP contribution in [0.3, 0.4) is 0 Å². The number of nitrogens with zero attached hydrogens (tertiary/aromatic N) is 8. The molecule has 0 bridgehead atoms. The first-order valence-corrected chi connectivity index (χ1v) is 41.3. The zero-order chi connectivity index (χ0) is 76.9. The van der Waals surface area contributed by atoms with Gasteiger partial charge in [-0.15, -0.1) is 0 Å². The van der Waals surface area contributed by atoms with Crippen LogP contribution in [0.15, 0.2) is 350 Å². The van der Waals surface area contributed by atoms with Gasteiger partial charge in [0.05, 0.1) is 22.1 Å². The minimum atomic E-state index is -0.170. The maximum Gasteiger partial charge on any atom is 0.164 e. The molecule has 5 heterocycles. The Kier molecular flexibility index (Phi) is 15.3. The SMILES string of the molecule is c1ccc(-c2ccc(-c3nc(-c4ccccc4)nc(-c4ccc5c6cc7c(cc6n(-c6ccc8c(c6)oc6ccccc68)c5c4)-c4ccccc4C74CCC(c5cccc(-c6ccc(-c7nc(-c8ccccc8)nc(-c8ccc9c%10cc%11c(cc%10n(-c%10ccccc%10)c9c8)-c8ccccc8C%118CCCCC8)n7)cc6)c5)CC4)n3)cc2)cc1. The first-order valence-electron chi connectivity index (χ1n) is 41.3. The zero-order valence-electron chi connectivity index (χ0n) is 64.3. The summed E-state index contributed by atoms with van der Waals surface area (Å²) in [6.07, 6.45) is 10.3. The van der Waals surface area contributed by atoms with Crippen molar-refractivity contribution >= 4 is 65.6 Å². The van der Waals surface area contributed by atoms with Gasteiger partial charge in [-0.05, 0) is 183 Å². The standard InChI is InChI=1S/C108H76N8O/c1-6-23-67(24-7-1)68-39-43-73(44-40-68)103-109-101(71-25-8-2-9-26-71)112-106(113-103)78-48-51-84-90-64-94-88(66-98(90)116(96(84)61-78)80-49-52-86-85-35-16-19-38-99(85)117-100(86)62-80)82-34-15-18-37-92(82)108(94)57-53-70(54-58-108)76-30-22-29-75(59-76)69-41-45-74(46-42-69)104-110-102(72-27-10-3-11-28-72)111-105(114-104)77-47-50-83-89-63-93-87(65-97(89)115(95(83)60-77)79-31-12-4-13-32-79)81-33-14-17-36-91(81)107(93)55-20-5-21-56-107/h1-4,6-19,22-52,59-66,70H,5,20-21,53-58H2. The van der Waals surface area contributed by atoms with Crippen molar-refractivity contribution in [1.82, 2.24) is 39.0 Å². The van der Waals surface area contributed by atoms with Crippen LogP contribution in [0, 0.1) is 0 Å². The summed E-state index contributed by atoms with van der Waals surface area (Å²) in [5.41, 5.74) is 31.1. The first kappa shape index (κ1) is 67.2. The van der Waals surface area contributed by atoms with Crippen molar-refractivity contribution in [3.05, 3.63) is 374 Å². The lowest BCUT2D eigenvalue weighted by atomic mass is 9.64. The van der Waals surface area contributed by atoms with Crippen molar-refractivity contribution in [2.75, 3.05) is 0 Å². The van der Waals surface area contributed by atoms with E-state index in [1.165, 1.54) is 109 Å². The second-order valence-corrected chi connectivity index (χ2v) is 32.7. The highest BCUT2D eigenvalue weighted by molar-refractivity contribution is 6.14.